The number of hydrogen-bond acceptors (Lipinski definition) is 5. The van der Waals surface area contributed by atoms with Crippen molar-refractivity contribution in [2.24, 2.45) is 0 Å². The molecule has 24 heavy (non-hydrogen) atoms. The molecule has 0 aliphatic carbocycles. The van der Waals surface area contributed by atoms with E-state index < -0.39 is 0 Å². The van der Waals surface area contributed by atoms with Crippen LogP contribution in [-0.4, -0.2) is 55.6 Å². The molecule has 1 aromatic heterocycles. The predicted molar refractivity (Wildman–Crippen MR) is 94.9 cm³/mol. The molecule has 6 nitrogen and oxygen atoms in total. The van der Waals surface area contributed by atoms with Crippen LogP contribution in [0.25, 0.3) is 0 Å². The van der Waals surface area contributed by atoms with Gasteiger partial charge in [-0.05, 0) is 30.7 Å². The maximum Gasteiger partial charge on any atom is 0.239 e. The first-order valence-electron chi connectivity index (χ1n) is 8.57. The minimum Gasteiger partial charge on any atom is -0.377 e. The third-order valence-corrected chi connectivity index (χ3v) is 4.69. The number of rotatable bonds is 10. The van der Waals surface area contributed by atoms with Crippen LogP contribution in [-0.2, 0) is 20.9 Å². The van der Waals surface area contributed by atoms with Crippen molar-refractivity contribution in [1.82, 2.24) is 15.5 Å². The first-order chi connectivity index (χ1) is 11.7. The van der Waals surface area contributed by atoms with Gasteiger partial charge >= 0.3 is 0 Å². The Hall–Kier alpha value is -1.44. The summed E-state index contributed by atoms with van der Waals surface area (Å²) in [7, 11) is 0. The molecule has 0 spiro atoms. The van der Waals surface area contributed by atoms with Crippen molar-refractivity contribution in [2.45, 2.75) is 38.8 Å². The average Bonchev–Trinajstić information content (AvgIpc) is 3.24. The molecule has 1 fully saturated rings. The standard InChI is InChI=1S/C17H27N3O3S/c1-2-7-18-16(21)10-19-17(22)13-20(11-14-5-3-8-23-14)12-15-6-4-9-24-15/h4,6,9,14H,2-3,5,7-8,10-13H2,1H3,(H,18,21)(H,19,22)/t14-/m0/s1. The highest BCUT2D eigenvalue weighted by Gasteiger charge is 2.21. The maximum absolute atomic E-state index is 12.2. The number of nitrogens with zero attached hydrogens (tertiary/aromatic N) is 1. The highest BCUT2D eigenvalue weighted by atomic mass is 32.1. The summed E-state index contributed by atoms with van der Waals surface area (Å²) < 4.78 is 5.69. The lowest BCUT2D eigenvalue weighted by Crippen LogP contribution is -2.43. The van der Waals surface area contributed by atoms with Crippen molar-refractivity contribution in [3.8, 4) is 0 Å². The predicted octanol–water partition coefficient (Wildman–Crippen LogP) is 1.37. The van der Waals surface area contributed by atoms with Crippen LogP contribution in [0.4, 0.5) is 0 Å². The zero-order valence-corrected chi connectivity index (χ0v) is 15.1. The molecule has 2 amide bonds. The third kappa shape index (κ3) is 6.98. The van der Waals surface area contributed by atoms with E-state index in [2.05, 4.69) is 21.6 Å². The van der Waals surface area contributed by atoms with Crippen LogP contribution in [0, 0.1) is 0 Å². The first kappa shape index (κ1) is 18.9. The molecule has 1 aliphatic heterocycles. The van der Waals surface area contributed by atoms with Crippen molar-refractivity contribution < 1.29 is 14.3 Å². The Labute approximate surface area is 147 Å². The highest BCUT2D eigenvalue weighted by Crippen LogP contribution is 2.16. The number of hydrogen-bond donors (Lipinski definition) is 2. The van der Waals surface area contributed by atoms with E-state index in [4.69, 9.17) is 4.74 Å². The fourth-order valence-corrected chi connectivity index (χ4v) is 3.40. The third-order valence-electron chi connectivity index (χ3n) is 3.83. The number of thiophene rings is 1. The Kier molecular flexibility index (Phi) is 8.21. The van der Waals surface area contributed by atoms with E-state index in [1.54, 1.807) is 11.3 Å². The van der Waals surface area contributed by atoms with Crippen LogP contribution >= 0.6 is 11.3 Å². The van der Waals surface area contributed by atoms with Gasteiger partial charge in [0.25, 0.3) is 0 Å². The molecule has 2 heterocycles. The second kappa shape index (κ2) is 10.4. The molecule has 1 aromatic rings. The van der Waals surface area contributed by atoms with Crippen LogP contribution in [0.3, 0.4) is 0 Å². The minimum atomic E-state index is -0.144. The van der Waals surface area contributed by atoms with Crippen molar-refractivity contribution in [3.63, 3.8) is 0 Å². The van der Waals surface area contributed by atoms with E-state index in [1.807, 2.05) is 18.4 Å². The number of amides is 2. The monoisotopic (exact) mass is 353 g/mol. The molecular formula is C17H27N3O3S. The molecule has 0 saturated carbocycles. The first-order valence-corrected chi connectivity index (χ1v) is 9.45. The average molecular weight is 353 g/mol. The smallest absolute Gasteiger partial charge is 0.239 e. The van der Waals surface area contributed by atoms with Gasteiger partial charge in [-0.25, -0.2) is 0 Å². The van der Waals surface area contributed by atoms with Gasteiger partial charge in [-0.2, -0.15) is 0 Å². The lowest BCUT2D eigenvalue weighted by atomic mass is 10.2. The van der Waals surface area contributed by atoms with Gasteiger partial charge in [-0.15, -0.1) is 11.3 Å². The van der Waals surface area contributed by atoms with E-state index in [9.17, 15) is 9.59 Å². The van der Waals surface area contributed by atoms with Gasteiger partial charge in [0, 0.05) is 31.1 Å². The van der Waals surface area contributed by atoms with Crippen LogP contribution < -0.4 is 10.6 Å². The topological polar surface area (TPSA) is 70.7 Å². The van der Waals surface area contributed by atoms with Gasteiger partial charge in [0.1, 0.15) is 0 Å². The van der Waals surface area contributed by atoms with Crippen LogP contribution in [0.2, 0.25) is 0 Å². The Morgan fingerprint density at radius 3 is 2.92 bits per heavy atom. The highest BCUT2D eigenvalue weighted by molar-refractivity contribution is 7.09. The second-order valence-electron chi connectivity index (χ2n) is 6.01. The molecule has 1 saturated heterocycles. The summed E-state index contributed by atoms with van der Waals surface area (Å²) in [6.45, 7) is 5.22. The van der Waals surface area contributed by atoms with Crippen LogP contribution in [0.15, 0.2) is 17.5 Å². The van der Waals surface area contributed by atoms with E-state index in [-0.39, 0.29) is 31.0 Å². The molecule has 134 valence electrons. The van der Waals surface area contributed by atoms with Gasteiger partial charge in [-0.1, -0.05) is 13.0 Å². The molecule has 0 radical (unpaired) electrons. The maximum atomic E-state index is 12.2. The van der Waals surface area contributed by atoms with E-state index in [0.29, 0.717) is 6.54 Å². The van der Waals surface area contributed by atoms with Crippen LogP contribution in [0.1, 0.15) is 31.1 Å². The summed E-state index contributed by atoms with van der Waals surface area (Å²) in [6, 6.07) is 4.09. The molecular weight excluding hydrogens is 326 g/mol. The van der Waals surface area contributed by atoms with E-state index in [0.717, 1.165) is 39.0 Å². The van der Waals surface area contributed by atoms with Crippen LogP contribution in [0.5, 0.6) is 0 Å². The molecule has 1 atom stereocenters. The molecule has 2 N–H and O–H groups in total. The van der Waals surface area contributed by atoms with Crippen molar-refractivity contribution >= 4 is 23.2 Å². The van der Waals surface area contributed by atoms with Gasteiger partial charge in [0.05, 0.1) is 19.2 Å². The summed E-state index contributed by atoms with van der Waals surface area (Å²) in [5.74, 6) is -0.273. The second-order valence-corrected chi connectivity index (χ2v) is 7.04. The Bertz CT molecular complexity index is 501. The fraction of sp³-hybridized carbons (Fsp3) is 0.647. The molecule has 0 unspecified atom stereocenters. The summed E-state index contributed by atoms with van der Waals surface area (Å²) >= 11 is 1.69. The van der Waals surface area contributed by atoms with Gasteiger partial charge in [-0.3, -0.25) is 14.5 Å². The van der Waals surface area contributed by atoms with Crippen molar-refractivity contribution in [1.29, 1.82) is 0 Å². The van der Waals surface area contributed by atoms with Gasteiger partial charge < -0.3 is 15.4 Å². The molecule has 2 rings (SSSR count). The lowest BCUT2D eigenvalue weighted by Gasteiger charge is -2.24. The largest absolute Gasteiger partial charge is 0.377 e. The van der Waals surface area contributed by atoms with Gasteiger partial charge in [0.2, 0.25) is 11.8 Å². The number of carbonyl (C=O) groups excluding carboxylic acids is 2. The quantitative estimate of drug-likeness (QED) is 0.667. The Balaban J connectivity index is 1.79. The van der Waals surface area contributed by atoms with Gasteiger partial charge in [0.15, 0.2) is 0 Å². The van der Waals surface area contributed by atoms with E-state index >= 15 is 0 Å². The Morgan fingerprint density at radius 1 is 1.38 bits per heavy atom. The minimum absolute atomic E-state index is 0.0333. The Morgan fingerprint density at radius 2 is 2.25 bits per heavy atom. The fourth-order valence-electron chi connectivity index (χ4n) is 2.65. The lowest BCUT2D eigenvalue weighted by molar-refractivity contribution is -0.127. The SMILES string of the molecule is CCCNC(=O)CNC(=O)CN(Cc1cccs1)C[C@@H]1CCCO1. The molecule has 7 heteroatoms. The van der Waals surface area contributed by atoms with E-state index in [1.165, 1.54) is 4.88 Å². The normalized spacial score (nSPS) is 17.2. The summed E-state index contributed by atoms with van der Waals surface area (Å²) in [5.41, 5.74) is 0. The number of nitrogens with one attached hydrogen (secondary N) is 2. The molecule has 0 aromatic carbocycles. The number of ether oxygens (including phenoxy) is 1. The molecule has 1 aliphatic rings. The van der Waals surface area contributed by atoms with Crippen molar-refractivity contribution in [2.75, 3.05) is 32.8 Å². The zero-order chi connectivity index (χ0) is 17.2. The summed E-state index contributed by atoms with van der Waals surface area (Å²) in [6.07, 6.45) is 3.21. The number of carbonyl (C=O) groups is 2. The molecule has 0 bridgehead atoms. The zero-order valence-electron chi connectivity index (χ0n) is 14.3. The summed E-state index contributed by atoms with van der Waals surface area (Å²) in [4.78, 5) is 27.1. The van der Waals surface area contributed by atoms with Crippen molar-refractivity contribution in [3.05, 3.63) is 22.4 Å². The summed E-state index contributed by atoms with van der Waals surface area (Å²) in [5, 5.41) is 7.49.